The van der Waals surface area contributed by atoms with E-state index in [0.29, 0.717) is 5.58 Å². The van der Waals surface area contributed by atoms with Crippen LogP contribution in [0.1, 0.15) is 24.5 Å². The largest absolute Gasteiger partial charge is 0.423 e. The third-order valence-corrected chi connectivity index (χ3v) is 5.24. The van der Waals surface area contributed by atoms with E-state index in [2.05, 4.69) is 41.8 Å². The van der Waals surface area contributed by atoms with Gasteiger partial charge in [-0.3, -0.25) is 4.90 Å². The van der Waals surface area contributed by atoms with Gasteiger partial charge in [-0.2, -0.15) is 0 Å². The zero-order chi connectivity index (χ0) is 18.5. The molecule has 3 rings (SSSR count). The minimum Gasteiger partial charge on any atom is -0.423 e. The molecule has 0 spiro atoms. The van der Waals surface area contributed by atoms with Crippen LogP contribution in [0.15, 0.2) is 33.5 Å². The van der Waals surface area contributed by atoms with Gasteiger partial charge in [0.15, 0.2) is 0 Å². The third kappa shape index (κ3) is 4.93. The van der Waals surface area contributed by atoms with Crippen LogP contribution in [0.5, 0.6) is 0 Å². The molecular formula is C21H31N3O2. The first-order valence-corrected chi connectivity index (χ1v) is 9.70. The molecule has 2 heterocycles. The average molecular weight is 357 g/mol. The zero-order valence-corrected chi connectivity index (χ0v) is 16.3. The molecule has 26 heavy (non-hydrogen) atoms. The summed E-state index contributed by atoms with van der Waals surface area (Å²) in [6, 6.07) is 7.82. The van der Waals surface area contributed by atoms with Crippen molar-refractivity contribution in [1.29, 1.82) is 0 Å². The van der Waals surface area contributed by atoms with Crippen molar-refractivity contribution in [1.82, 2.24) is 14.7 Å². The van der Waals surface area contributed by atoms with E-state index in [4.69, 9.17) is 4.42 Å². The van der Waals surface area contributed by atoms with Crippen molar-refractivity contribution in [3.8, 4) is 0 Å². The summed E-state index contributed by atoms with van der Waals surface area (Å²) in [6.45, 7) is 9.60. The van der Waals surface area contributed by atoms with Crippen LogP contribution in [0.3, 0.4) is 0 Å². The lowest BCUT2D eigenvalue weighted by molar-refractivity contribution is 0.124. The fraction of sp³-hybridized carbons (Fsp3) is 0.571. The molecule has 0 aliphatic carbocycles. The molecule has 0 radical (unpaired) electrons. The lowest BCUT2D eigenvalue weighted by Crippen LogP contribution is -2.46. The van der Waals surface area contributed by atoms with Crippen LogP contribution in [0.2, 0.25) is 0 Å². The maximum absolute atomic E-state index is 11.9. The number of hydrogen-bond acceptors (Lipinski definition) is 5. The second-order valence-corrected chi connectivity index (χ2v) is 7.55. The molecule has 5 nitrogen and oxygen atoms in total. The lowest BCUT2D eigenvalue weighted by Gasteiger charge is -2.35. The summed E-state index contributed by atoms with van der Waals surface area (Å²) >= 11 is 0. The minimum atomic E-state index is -0.251. The highest BCUT2D eigenvalue weighted by atomic mass is 16.4. The van der Waals surface area contributed by atoms with E-state index in [0.717, 1.165) is 56.6 Å². The second-order valence-electron chi connectivity index (χ2n) is 7.55. The summed E-state index contributed by atoms with van der Waals surface area (Å²) in [7, 11) is 4.26. The monoisotopic (exact) mass is 357 g/mol. The molecule has 1 fully saturated rings. The van der Waals surface area contributed by atoms with E-state index in [1.807, 2.05) is 12.1 Å². The van der Waals surface area contributed by atoms with Crippen molar-refractivity contribution in [2.24, 2.45) is 0 Å². The summed E-state index contributed by atoms with van der Waals surface area (Å²) in [6.07, 6.45) is 2.21. The Kier molecular flexibility index (Phi) is 6.46. The Balaban J connectivity index is 1.64. The summed E-state index contributed by atoms with van der Waals surface area (Å²) in [5.41, 5.74) is 2.82. The summed E-state index contributed by atoms with van der Waals surface area (Å²) < 4.78 is 5.39. The molecule has 0 bridgehead atoms. The molecule has 0 amide bonds. The van der Waals surface area contributed by atoms with Gasteiger partial charge in [-0.25, -0.2) is 4.79 Å². The van der Waals surface area contributed by atoms with E-state index < -0.39 is 0 Å². The molecule has 1 saturated heterocycles. The van der Waals surface area contributed by atoms with Crippen LogP contribution in [-0.4, -0.2) is 68.1 Å². The van der Waals surface area contributed by atoms with Gasteiger partial charge in [0.25, 0.3) is 0 Å². The highest BCUT2D eigenvalue weighted by molar-refractivity contribution is 5.80. The van der Waals surface area contributed by atoms with Crippen molar-refractivity contribution in [3.05, 3.63) is 45.8 Å². The van der Waals surface area contributed by atoms with Gasteiger partial charge in [0.1, 0.15) is 5.58 Å². The molecular weight excluding hydrogens is 326 g/mol. The van der Waals surface area contributed by atoms with Crippen LogP contribution in [0, 0.1) is 0 Å². The molecule has 0 N–H and O–H groups in total. The van der Waals surface area contributed by atoms with Crippen molar-refractivity contribution in [2.75, 3.05) is 53.4 Å². The van der Waals surface area contributed by atoms with Crippen molar-refractivity contribution in [3.63, 3.8) is 0 Å². The van der Waals surface area contributed by atoms with Gasteiger partial charge in [-0.1, -0.05) is 13.0 Å². The van der Waals surface area contributed by atoms with E-state index in [1.165, 1.54) is 18.5 Å². The predicted molar refractivity (Wildman–Crippen MR) is 107 cm³/mol. The standard InChI is InChI=1S/C21H31N3O2/c1-4-17-6-7-20-19(14-17)18(15-21(25)26-20)16-24-12-10-23(11-13-24)9-5-8-22(2)3/h6-7,14-15H,4-5,8-13,16H2,1-3H3. The first-order chi connectivity index (χ1) is 12.5. The quantitative estimate of drug-likeness (QED) is 0.712. The first-order valence-electron chi connectivity index (χ1n) is 9.70. The molecule has 1 aliphatic rings. The van der Waals surface area contributed by atoms with Crippen molar-refractivity contribution >= 4 is 11.0 Å². The van der Waals surface area contributed by atoms with E-state index >= 15 is 0 Å². The molecule has 0 atom stereocenters. The van der Waals surface area contributed by atoms with Gasteiger partial charge < -0.3 is 14.2 Å². The number of rotatable bonds is 7. The zero-order valence-electron chi connectivity index (χ0n) is 16.3. The fourth-order valence-corrected chi connectivity index (χ4v) is 3.65. The Morgan fingerprint density at radius 1 is 1.08 bits per heavy atom. The van der Waals surface area contributed by atoms with Gasteiger partial charge in [0.05, 0.1) is 0 Å². The van der Waals surface area contributed by atoms with E-state index in [1.54, 1.807) is 6.07 Å². The van der Waals surface area contributed by atoms with Crippen LogP contribution in [0.25, 0.3) is 11.0 Å². The number of nitrogens with zero attached hydrogens (tertiary/aromatic N) is 3. The van der Waals surface area contributed by atoms with Crippen LogP contribution < -0.4 is 5.63 Å². The smallest absolute Gasteiger partial charge is 0.336 e. The molecule has 1 aromatic carbocycles. The number of benzene rings is 1. The minimum absolute atomic E-state index is 0.251. The maximum atomic E-state index is 11.9. The number of fused-ring (bicyclic) bond motifs is 1. The summed E-state index contributed by atoms with van der Waals surface area (Å²) in [5.74, 6) is 0. The first kappa shape index (κ1) is 19.1. The van der Waals surface area contributed by atoms with E-state index in [-0.39, 0.29) is 5.63 Å². The molecule has 142 valence electrons. The van der Waals surface area contributed by atoms with Crippen LogP contribution in [0.4, 0.5) is 0 Å². The van der Waals surface area contributed by atoms with Gasteiger partial charge in [-0.15, -0.1) is 0 Å². The predicted octanol–water partition coefficient (Wildman–Crippen LogP) is 2.42. The Hall–Kier alpha value is -1.69. The Labute approximate surface area is 156 Å². The Morgan fingerprint density at radius 2 is 1.81 bits per heavy atom. The number of piperazine rings is 1. The SMILES string of the molecule is CCc1ccc2oc(=O)cc(CN3CCN(CCCN(C)C)CC3)c2c1. The summed E-state index contributed by atoms with van der Waals surface area (Å²) in [4.78, 5) is 19.2. The molecule has 2 aromatic rings. The average Bonchev–Trinajstić information content (AvgIpc) is 2.62. The van der Waals surface area contributed by atoms with Crippen LogP contribution >= 0.6 is 0 Å². The normalized spacial score (nSPS) is 16.6. The van der Waals surface area contributed by atoms with Gasteiger partial charge in [0.2, 0.25) is 0 Å². The van der Waals surface area contributed by atoms with Crippen molar-refractivity contribution in [2.45, 2.75) is 26.3 Å². The molecule has 1 aromatic heterocycles. The van der Waals surface area contributed by atoms with E-state index in [9.17, 15) is 4.79 Å². The fourth-order valence-electron chi connectivity index (χ4n) is 3.65. The molecule has 0 saturated carbocycles. The summed E-state index contributed by atoms with van der Waals surface area (Å²) in [5, 5.41) is 1.08. The molecule has 1 aliphatic heterocycles. The Morgan fingerprint density at radius 3 is 2.50 bits per heavy atom. The second kappa shape index (κ2) is 8.80. The van der Waals surface area contributed by atoms with Gasteiger partial charge >= 0.3 is 5.63 Å². The third-order valence-electron chi connectivity index (χ3n) is 5.24. The highest BCUT2D eigenvalue weighted by Gasteiger charge is 2.18. The van der Waals surface area contributed by atoms with Crippen molar-refractivity contribution < 1.29 is 4.42 Å². The number of aryl methyl sites for hydroxylation is 1. The molecule has 5 heteroatoms. The van der Waals surface area contributed by atoms with Gasteiger partial charge in [0, 0.05) is 44.2 Å². The maximum Gasteiger partial charge on any atom is 0.336 e. The lowest BCUT2D eigenvalue weighted by atomic mass is 10.0. The highest BCUT2D eigenvalue weighted by Crippen LogP contribution is 2.21. The topological polar surface area (TPSA) is 39.9 Å². The number of hydrogen-bond donors (Lipinski definition) is 0. The molecule has 0 unspecified atom stereocenters. The van der Waals surface area contributed by atoms with Gasteiger partial charge in [-0.05, 0) is 63.3 Å². The Bertz CT molecular complexity index is 776. The van der Waals surface area contributed by atoms with Crippen LogP contribution in [-0.2, 0) is 13.0 Å².